The number of pyridine rings is 1. The summed E-state index contributed by atoms with van der Waals surface area (Å²) >= 11 is 0. The Kier molecular flexibility index (Phi) is 6.75. The molecule has 0 radical (unpaired) electrons. The van der Waals surface area contributed by atoms with Crippen molar-refractivity contribution >= 4 is 32.5 Å². The van der Waals surface area contributed by atoms with Crippen LogP contribution >= 0.6 is 0 Å². The summed E-state index contributed by atoms with van der Waals surface area (Å²) < 4.78 is 27.8. The van der Waals surface area contributed by atoms with Crippen LogP contribution in [0.3, 0.4) is 0 Å². The molecule has 1 aromatic heterocycles. The van der Waals surface area contributed by atoms with Crippen LogP contribution in [-0.2, 0) is 23.0 Å². The third-order valence-electron chi connectivity index (χ3n) is 6.06. The van der Waals surface area contributed by atoms with E-state index in [-0.39, 0.29) is 15.8 Å². The first-order chi connectivity index (χ1) is 16.7. The van der Waals surface area contributed by atoms with E-state index in [2.05, 4.69) is 4.98 Å². The Labute approximate surface area is 204 Å². The van der Waals surface area contributed by atoms with Gasteiger partial charge in [0, 0.05) is 37.7 Å². The van der Waals surface area contributed by atoms with Gasteiger partial charge in [-0.3, -0.25) is 13.9 Å². The van der Waals surface area contributed by atoms with Crippen LogP contribution in [0.5, 0.6) is 0 Å². The van der Waals surface area contributed by atoms with Gasteiger partial charge in [0.25, 0.3) is 15.9 Å². The van der Waals surface area contributed by atoms with Crippen molar-refractivity contribution in [1.29, 1.82) is 0 Å². The summed E-state index contributed by atoms with van der Waals surface area (Å²) in [6.45, 7) is 2.37. The molecule has 4 aromatic rings. The maximum Gasteiger partial charge on any atom is 0.264 e. The van der Waals surface area contributed by atoms with Crippen LogP contribution in [0.2, 0.25) is 0 Å². The molecular formula is C27H27N3O4S. The third-order valence-corrected chi connectivity index (χ3v) is 7.84. The van der Waals surface area contributed by atoms with Gasteiger partial charge in [0.2, 0.25) is 5.43 Å². The second-order valence-electron chi connectivity index (χ2n) is 8.38. The molecule has 0 spiro atoms. The quantitative estimate of drug-likeness (QED) is 0.422. The maximum absolute atomic E-state index is 13.3. The molecule has 180 valence electrons. The molecule has 0 fully saturated rings. The summed E-state index contributed by atoms with van der Waals surface area (Å²) in [6, 6.07) is 21.1. The van der Waals surface area contributed by atoms with Crippen molar-refractivity contribution in [2.24, 2.45) is 0 Å². The van der Waals surface area contributed by atoms with Crippen LogP contribution in [-0.4, -0.2) is 38.3 Å². The van der Waals surface area contributed by atoms with Gasteiger partial charge in [-0.05, 0) is 47.9 Å². The van der Waals surface area contributed by atoms with Gasteiger partial charge >= 0.3 is 0 Å². The van der Waals surface area contributed by atoms with Gasteiger partial charge in [-0.2, -0.15) is 0 Å². The molecule has 0 unspecified atom stereocenters. The van der Waals surface area contributed by atoms with Gasteiger partial charge in [0.05, 0.1) is 10.6 Å². The normalized spacial score (nSPS) is 11.4. The number of nitrogens with one attached hydrogen (secondary N) is 1. The first kappa shape index (κ1) is 24.2. The Bertz CT molecular complexity index is 1530. The molecule has 0 aliphatic carbocycles. The predicted octanol–water partition coefficient (Wildman–Crippen LogP) is 4.19. The van der Waals surface area contributed by atoms with E-state index in [0.717, 1.165) is 17.5 Å². The number of carbonyl (C=O) groups is 1. The van der Waals surface area contributed by atoms with E-state index in [1.54, 1.807) is 25.2 Å². The number of hydrogen-bond acceptors (Lipinski definition) is 4. The molecule has 1 amide bonds. The van der Waals surface area contributed by atoms with E-state index in [1.165, 1.54) is 34.6 Å². The fourth-order valence-corrected chi connectivity index (χ4v) is 5.11. The molecule has 35 heavy (non-hydrogen) atoms. The number of nitrogens with zero attached hydrogens (tertiary/aromatic N) is 2. The molecule has 1 N–H and O–H groups in total. The first-order valence-electron chi connectivity index (χ1n) is 11.2. The van der Waals surface area contributed by atoms with Crippen molar-refractivity contribution in [3.63, 3.8) is 0 Å². The van der Waals surface area contributed by atoms with Crippen molar-refractivity contribution in [3.05, 3.63) is 106 Å². The lowest BCUT2D eigenvalue weighted by Crippen LogP contribution is -2.31. The van der Waals surface area contributed by atoms with Crippen molar-refractivity contribution in [3.8, 4) is 0 Å². The van der Waals surface area contributed by atoms with Gasteiger partial charge in [0.1, 0.15) is 5.56 Å². The molecule has 3 aromatic carbocycles. The number of hydrogen-bond donors (Lipinski definition) is 1. The van der Waals surface area contributed by atoms with E-state index in [1.807, 2.05) is 49.4 Å². The molecule has 0 atom stereocenters. The second-order valence-corrected chi connectivity index (χ2v) is 10.3. The van der Waals surface area contributed by atoms with Crippen LogP contribution < -0.4 is 9.73 Å². The Morgan fingerprint density at radius 3 is 2.26 bits per heavy atom. The average molecular weight is 490 g/mol. The highest BCUT2D eigenvalue weighted by atomic mass is 32.2. The van der Waals surface area contributed by atoms with E-state index in [4.69, 9.17) is 0 Å². The molecule has 0 aliphatic heterocycles. The van der Waals surface area contributed by atoms with E-state index in [9.17, 15) is 18.0 Å². The fourth-order valence-electron chi connectivity index (χ4n) is 3.89. The number of aromatic nitrogens is 1. The minimum Gasteiger partial charge on any atom is -0.360 e. The van der Waals surface area contributed by atoms with Crippen LogP contribution in [0.4, 0.5) is 5.69 Å². The fraction of sp³-hybridized carbons (Fsp3) is 0.185. The number of rotatable bonds is 7. The molecule has 0 saturated heterocycles. The Hall–Kier alpha value is -3.91. The molecule has 4 rings (SSSR count). The Balaban J connectivity index is 1.68. The molecule has 0 saturated carbocycles. The Morgan fingerprint density at radius 2 is 1.60 bits per heavy atom. The SMILES string of the molecule is CCc1ccc(N(C)S(=O)(=O)c2ccc3[nH]cc(C(=O)N(C)Cc4ccccc4)c(=O)c3c2)cc1. The lowest BCUT2D eigenvalue weighted by atomic mass is 10.1. The van der Waals surface area contributed by atoms with Crippen LogP contribution in [0, 0.1) is 0 Å². The van der Waals surface area contributed by atoms with E-state index in [0.29, 0.717) is 17.7 Å². The minimum atomic E-state index is -3.92. The molecule has 7 nitrogen and oxygen atoms in total. The van der Waals surface area contributed by atoms with Crippen LogP contribution in [0.15, 0.2) is 88.7 Å². The van der Waals surface area contributed by atoms with Gasteiger partial charge in [-0.15, -0.1) is 0 Å². The zero-order chi connectivity index (χ0) is 25.2. The third kappa shape index (κ3) is 4.83. The number of benzene rings is 3. The highest BCUT2D eigenvalue weighted by Crippen LogP contribution is 2.24. The predicted molar refractivity (Wildman–Crippen MR) is 138 cm³/mol. The lowest BCUT2D eigenvalue weighted by molar-refractivity contribution is 0.0783. The zero-order valence-electron chi connectivity index (χ0n) is 19.9. The number of fused-ring (bicyclic) bond motifs is 1. The number of H-pyrrole nitrogens is 1. The molecular weight excluding hydrogens is 462 g/mol. The van der Waals surface area contributed by atoms with Gasteiger partial charge in [-0.1, -0.05) is 49.4 Å². The number of amides is 1. The average Bonchev–Trinajstić information content (AvgIpc) is 2.88. The molecule has 8 heteroatoms. The first-order valence-corrected chi connectivity index (χ1v) is 12.7. The summed E-state index contributed by atoms with van der Waals surface area (Å²) in [6.07, 6.45) is 2.23. The van der Waals surface area contributed by atoms with Gasteiger partial charge in [0.15, 0.2) is 0 Å². The number of sulfonamides is 1. The summed E-state index contributed by atoms with van der Waals surface area (Å²) in [7, 11) is -0.826. The summed E-state index contributed by atoms with van der Waals surface area (Å²) in [5.74, 6) is -0.446. The molecule has 0 aliphatic rings. The van der Waals surface area contributed by atoms with Crippen molar-refractivity contribution in [2.45, 2.75) is 24.8 Å². The van der Waals surface area contributed by atoms with Crippen molar-refractivity contribution < 1.29 is 13.2 Å². The minimum absolute atomic E-state index is 0.0280. The van der Waals surface area contributed by atoms with Crippen molar-refractivity contribution in [1.82, 2.24) is 9.88 Å². The molecule has 1 heterocycles. The topological polar surface area (TPSA) is 90.6 Å². The number of aromatic amines is 1. The monoisotopic (exact) mass is 489 g/mol. The number of carbonyl (C=O) groups excluding carboxylic acids is 1. The largest absolute Gasteiger partial charge is 0.360 e. The van der Waals surface area contributed by atoms with Crippen molar-refractivity contribution in [2.75, 3.05) is 18.4 Å². The zero-order valence-corrected chi connectivity index (χ0v) is 20.7. The molecule has 0 bridgehead atoms. The standard InChI is InChI=1S/C27H27N3O4S/c1-4-19-10-12-21(13-11-19)30(3)35(33,34)22-14-15-25-23(16-22)26(31)24(17-28-25)27(32)29(2)18-20-8-6-5-7-9-20/h5-17H,4,18H2,1-3H3,(H,28,31). The highest BCUT2D eigenvalue weighted by Gasteiger charge is 2.23. The maximum atomic E-state index is 13.3. The highest BCUT2D eigenvalue weighted by molar-refractivity contribution is 7.92. The second kappa shape index (κ2) is 9.76. The van der Waals surface area contributed by atoms with Crippen LogP contribution in [0.25, 0.3) is 10.9 Å². The van der Waals surface area contributed by atoms with Crippen LogP contribution in [0.1, 0.15) is 28.4 Å². The smallest absolute Gasteiger partial charge is 0.264 e. The summed E-state index contributed by atoms with van der Waals surface area (Å²) in [5, 5.41) is 0.139. The summed E-state index contributed by atoms with van der Waals surface area (Å²) in [4.78, 5) is 30.6. The summed E-state index contributed by atoms with van der Waals surface area (Å²) in [5.41, 5.74) is 2.44. The number of aryl methyl sites for hydroxylation is 1. The van der Waals surface area contributed by atoms with Gasteiger partial charge in [-0.25, -0.2) is 8.42 Å². The van der Waals surface area contributed by atoms with E-state index >= 15 is 0 Å². The van der Waals surface area contributed by atoms with E-state index < -0.39 is 21.4 Å². The lowest BCUT2D eigenvalue weighted by Gasteiger charge is -2.20. The number of anilines is 1. The van der Waals surface area contributed by atoms with Gasteiger partial charge < -0.3 is 9.88 Å². The Morgan fingerprint density at radius 1 is 0.914 bits per heavy atom.